The Labute approximate surface area is 167 Å². The molecule has 0 radical (unpaired) electrons. The minimum atomic E-state index is -0.290. The lowest BCUT2D eigenvalue weighted by atomic mass is 10.3. The zero-order chi connectivity index (χ0) is 19.5. The Morgan fingerprint density at radius 3 is 2.82 bits per heavy atom. The third-order valence-electron chi connectivity index (χ3n) is 4.60. The summed E-state index contributed by atoms with van der Waals surface area (Å²) < 4.78 is 6.48. The Hall–Kier alpha value is -2.78. The number of rotatable bonds is 5. The normalized spacial score (nSPS) is 15.0. The number of fused-ring (bicyclic) bond motifs is 1. The van der Waals surface area contributed by atoms with Gasteiger partial charge in [0.1, 0.15) is 23.6 Å². The van der Waals surface area contributed by atoms with Crippen LogP contribution in [0.25, 0.3) is 10.2 Å². The number of anilines is 2. The highest BCUT2D eigenvalue weighted by atomic mass is 32.1. The second kappa shape index (κ2) is 8.07. The molecule has 0 bridgehead atoms. The first-order valence-electron chi connectivity index (χ1n) is 9.22. The van der Waals surface area contributed by atoms with Crippen molar-refractivity contribution >= 4 is 38.4 Å². The number of aromatic nitrogens is 3. The van der Waals surface area contributed by atoms with Crippen LogP contribution in [0.4, 0.5) is 10.9 Å². The molecule has 1 fully saturated rings. The quantitative estimate of drug-likeness (QED) is 0.707. The van der Waals surface area contributed by atoms with Gasteiger partial charge in [0.2, 0.25) is 0 Å². The Bertz CT molecular complexity index is 983. The summed E-state index contributed by atoms with van der Waals surface area (Å²) >= 11 is 1.41. The van der Waals surface area contributed by atoms with Crippen LogP contribution in [-0.4, -0.2) is 65.6 Å². The van der Waals surface area contributed by atoms with E-state index < -0.39 is 0 Å². The summed E-state index contributed by atoms with van der Waals surface area (Å²) in [7, 11) is 2.10. The first-order chi connectivity index (χ1) is 13.6. The van der Waals surface area contributed by atoms with Crippen molar-refractivity contribution in [3.8, 4) is 5.75 Å². The van der Waals surface area contributed by atoms with E-state index in [0.717, 1.165) is 48.0 Å². The number of carbonyl (C=O) groups is 1. The number of carbonyl (C=O) groups excluding carboxylic acids is 1. The number of hydrogen-bond donors (Lipinski definition) is 1. The van der Waals surface area contributed by atoms with Crippen molar-refractivity contribution in [2.45, 2.75) is 6.92 Å². The maximum Gasteiger partial charge on any atom is 0.276 e. The fourth-order valence-electron chi connectivity index (χ4n) is 3.06. The Kier molecular flexibility index (Phi) is 5.36. The molecule has 3 aromatic rings. The standard InChI is InChI=1S/C19H22N6O2S/c1-3-27-13-4-5-14-16(10-13)28-19(22-14)23-18(26)15-11-17(21-12-20-15)25-8-6-24(2)7-9-25/h4-5,10-12H,3,6-9H2,1-2H3,(H,22,23,26). The molecule has 1 N–H and O–H groups in total. The van der Waals surface area contributed by atoms with Gasteiger partial charge in [-0.15, -0.1) is 0 Å². The molecule has 28 heavy (non-hydrogen) atoms. The number of ether oxygens (including phenoxy) is 1. The van der Waals surface area contributed by atoms with Gasteiger partial charge in [-0.2, -0.15) is 0 Å². The van der Waals surface area contributed by atoms with E-state index in [1.165, 1.54) is 17.7 Å². The molecule has 1 saturated heterocycles. The predicted molar refractivity (Wildman–Crippen MR) is 110 cm³/mol. The average Bonchev–Trinajstić information content (AvgIpc) is 3.10. The van der Waals surface area contributed by atoms with Gasteiger partial charge < -0.3 is 14.5 Å². The summed E-state index contributed by atoms with van der Waals surface area (Å²) in [6, 6.07) is 7.44. The molecule has 0 atom stereocenters. The van der Waals surface area contributed by atoms with Crippen molar-refractivity contribution in [3.63, 3.8) is 0 Å². The Morgan fingerprint density at radius 1 is 1.21 bits per heavy atom. The first-order valence-corrected chi connectivity index (χ1v) is 10.0. The van der Waals surface area contributed by atoms with Gasteiger partial charge in [0.15, 0.2) is 5.13 Å². The van der Waals surface area contributed by atoms with Gasteiger partial charge in [-0.1, -0.05) is 11.3 Å². The van der Waals surface area contributed by atoms with Gasteiger partial charge in [-0.3, -0.25) is 10.1 Å². The van der Waals surface area contributed by atoms with Gasteiger partial charge in [0, 0.05) is 32.2 Å². The number of nitrogens with zero attached hydrogens (tertiary/aromatic N) is 5. The number of benzene rings is 1. The van der Waals surface area contributed by atoms with E-state index in [1.54, 1.807) is 6.07 Å². The number of thiazole rings is 1. The maximum absolute atomic E-state index is 12.7. The molecule has 8 nitrogen and oxygen atoms in total. The third kappa shape index (κ3) is 4.05. The molecule has 146 valence electrons. The van der Waals surface area contributed by atoms with E-state index in [4.69, 9.17) is 4.74 Å². The largest absolute Gasteiger partial charge is 0.494 e. The molecular weight excluding hydrogens is 376 g/mol. The smallest absolute Gasteiger partial charge is 0.276 e. The van der Waals surface area contributed by atoms with Gasteiger partial charge in [0.25, 0.3) is 5.91 Å². The number of hydrogen-bond acceptors (Lipinski definition) is 8. The molecule has 1 aliphatic rings. The number of nitrogens with one attached hydrogen (secondary N) is 1. The SMILES string of the molecule is CCOc1ccc2nc(NC(=O)c3cc(N4CCN(C)CC4)ncn3)sc2c1. The molecule has 0 aliphatic carbocycles. The average molecular weight is 398 g/mol. The second-order valence-electron chi connectivity index (χ2n) is 6.59. The molecule has 0 spiro atoms. The Balaban J connectivity index is 1.49. The summed E-state index contributed by atoms with van der Waals surface area (Å²) in [6.45, 7) is 6.27. The molecule has 0 unspecified atom stereocenters. The lowest BCUT2D eigenvalue weighted by Gasteiger charge is -2.33. The highest BCUT2D eigenvalue weighted by Gasteiger charge is 2.18. The molecule has 0 saturated carbocycles. The van der Waals surface area contributed by atoms with E-state index in [-0.39, 0.29) is 5.91 Å². The van der Waals surface area contributed by atoms with Gasteiger partial charge in [0.05, 0.1) is 16.8 Å². The minimum absolute atomic E-state index is 0.290. The molecule has 1 amide bonds. The van der Waals surface area contributed by atoms with Gasteiger partial charge in [-0.25, -0.2) is 15.0 Å². The molecular formula is C19H22N6O2S. The van der Waals surface area contributed by atoms with E-state index in [2.05, 4.69) is 37.1 Å². The molecule has 2 aromatic heterocycles. The summed E-state index contributed by atoms with van der Waals surface area (Å²) in [5, 5.41) is 3.38. The highest BCUT2D eigenvalue weighted by Crippen LogP contribution is 2.29. The van der Waals surface area contributed by atoms with Crippen molar-refractivity contribution in [1.29, 1.82) is 0 Å². The molecule has 9 heteroatoms. The summed E-state index contributed by atoms with van der Waals surface area (Å²) in [6.07, 6.45) is 1.44. The molecule has 1 aliphatic heterocycles. The molecule has 1 aromatic carbocycles. The predicted octanol–water partition coefficient (Wildman–Crippen LogP) is 2.49. The van der Waals surface area contributed by atoms with Crippen LogP contribution in [0.5, 0.6) is 5.75 Å². The lowest BCUT2D eigenvalue weighted by molar-refractivity contribution is 0.102. The fourth-order valence-corrected chi connectivity index (χ4v) is 3.95. The maximum atomic E-state index is 12.7. The van der Waals surface area contributed by atoms with Crippen LogP contribution >= 0.6 is 11.3 Å². The first kappa shape index (κ1) is 18.6. The van der Waals surface area contributed by atoms with Crippen molar-refractivity contribution < 1.29 is 9.53 Å². The van der Waals surface area contributed by atoms with Crippen LogP contribution in [0, 0.1) is 0 Å². The summed E-state index contributed by atoms with van der Waals surface area (Å²) in [4.78, 5) is 30.0. The van der Waals surface area contributed by atoms with Crippen LogP contribution in [0.3, 0.4) is 0 Å². The fraction of sp³-hybridized carbons (Fsp3) is 0.368. The van der Waals surface area contributed by atoms with E-state index in [9.17, 15) is 4.79 Å². The molecule has 3 heterocycles. The van der Waals surface area contributed by atoms with Crippen molar-refractivity contribution in [2.24, 2.45) is 0 Å². The van der Waals surface area contributed by atoms with Crippen LogP contribution in [0.2, 0.25) is 0 Å². The molecule has 4 rings (SSSR count). The number of amides is 1. The minimum Gasteiger partial charge on any atom is -0.494 e. The van der Waals surface area contributed by atoms with Crippen molar-refractivity contribution in [2.75, 3.05) is 50.1 Å². The topological polar surface area (TPSA) is 83.5 Å². The third-order valence-corrected chi connectivity index (χ3v) is 5.54. The second-order valence-corrected chi connectivity index (χ2v) is 7.62. The van der Waals surface area contributed by atoms with Crippen molar-refractivity contribution in [3.05, 3.63) is 36.3 Å². The summed E-state index contributed by atoms with van der Waals surface area (Å²) in [5.41, 5.74) is 1.16. The van der Waals surface area contributed by atoms with Crippen molar-refractivity contribution in [1.82, 2.24) is 19.9 Å². The highest BCUT2D eigenvalue weighted by molar-refractivity contribution is 7.22. The van der Waals surface area contributed by atoms with E-state index >= 15 is 0 Å². The zero-order valence-electron chi connectivity index (χ0n) is 15.9. The number of likely N-dealkylation sites (N-methyl/N-ethyl adjacent to an activating group) is 1. The van der Waals surface area contributed by atoms with Gasteiger partial charge >= 0.3 is 0 Å². The monoisotopic (exact) mass is 398 g/mol. The van der Waals surface area contributed by atoms with Crippen LogP contribution < -0.4 is 15.0 Å². The number of piperazine rings is 1. The zero-order valence-corrected chi connectivity index (χ0v) is 16.7. The lowest BCUT2D eigenvalue weighted by Crippen LogP contribution is -2.44. The van der Waals surface area contributed by atoms with Crippen LogP contribution in [0.15, 0.2) is 30.6 Å². The van der Waals surface area contributed by atoms with Gasteiger partial charge in [-0.05, 0) is 32.2 Å². The summed E-state index contributed by atoms with van der Waals surface area (Å²) in [5.74, 6) is 1.28. The van der Waals surface area contributed by atoms with Crippen LogP contribution in [-0.2, 0) is 0 Å². The Morgan fingerprint density at radius 2 is 2.04 bits per heavy atom. The van der Waals surface area contributed by atoms with Crippen LogP contribution in [0.1, 0.15) is 17.4 Å². The van der Waals surface area contributed by atoms with E-state index in [1.807, 2.05) is 25.1 Å². The van der Waals surface area contributed by atoms with E-state index in [0.29, 0.717) is 17.4 Å².